The molecule has 0 unspecified atom stereocenters. The maximum atomic E-state index is 5.66. The zero-order valence-electron chi connectivity index (χ0n) is 13.6. The Hall–Kier alpha value is -0.860. The van der Waals surface area contributed by atoms with Crippen LogP contribution in [0.15, 0.2) is 24.3 Å². The van der Waals surface area contributed by atoms with Gasteiger partial charge in [0.1, 0.15) is 0 Å². The van der Waals surface area contributed by atoms with Gasteiger partial charge < -0.3 is 0 Å². The van der Waals surface area contributed by atoms with Gasteiger partial charge in [-0.15, -0.1) is 0 Å². The quantitative estimate of drug-likeness (QED) is 0.619. The van der Waals surface area contributed by atoms with E-state index in [-0.39, 0.29) is 16.4 Å². The molecular weight excluding hydrogens is 232 g/mol. The van der Waals surface area contributed by atoms with Gasteiger partial charge in [-0.1, -0.05) is 65.3 Å². The highest BCUT2D eigenvalue weighted by atomic mass is 15.3. The smallest absolute Gasteiger partial charge is 0.0513 e. The first-order valence-electron chi connectivity index (χ1n) is 7.17. The van der Waals surface area contributed by atoms with Gasteiger partial charge >= 0.3 is 0 Å². The zero-order valence-corrected chi connectivity index (χ0v) is 13.6. The van der Waals surface area contributed by atoms with Gasteiger partial charge in [-0.2, -0.15) is 0 Å². The van der Waals surface area contributed by atoms with Crippen LogP contribution in [0.4, 0.5) is 0 Å². The second kappa shape index (κ2) is 5.26. The fraction of sp³-hybridized carbons (Fsp3) is 0.647. The molecule has 2 heteroatoms. The normalized spacial score (nSPS) is 13.7. The molecule has 0 saturated carbocycles. The van der Waals surface area contributed by atoms with Crippen molar-refractivity contribution in [3.63, 3.8) is 0 Å². The summed E-state index contributed by atoms with van der Waals surface area (Å²) in [5.41, 5.74) is 5.67. The molecule has 3 N–H and O–H groups in total. The molecule has 108 valence electrons. The van der Waals surface area contributed by atoms with Crippen molar-refractivity contribution < 1.29 is 0 Å². The van der Waals surface area contributed by atoms with Gasteiger partial charge in [-0.3, -0.25) is 11.3 Å². The lowest BCUT2D eigenvalue weighted by atomic mass is 9.62. The lowest BCUT2D eigenvalue weighted by molar-refractivity contribution is 0.189. The average Bonchev–Trinajstić information content (AvgIpc) is 2.38. The Balaban J connectivity index is 3.27. The van der Waals surface area contributed by atoms with Gasteiger partial charge in [0.05, 0.1) is 5.54 Å². The van der Waals surface area contributed by atoms with Gasteiger partial charge in [-0.05, 0) is 35.8 Å². The van der Waals surface area contributed by atoms with Crippen molar-refractivity contribution in [2.45, 2.75) is 65.8 Å². The molecule has 0 fully saturated rings. The molecule has 1 aromatic rings. The van der Waals surface area contributed by atoms with Gasteiger partial charge in [0, 0.05) is 0 Å². The second-order valence-corrected chi connectivity index (χ2v) is 7.21. The summed E-state index contributed by atoms with van der Waals surface area (Å²) in [7, 11) is 0. The molecule has 0 aliphatic carbocycles. The van der Waals surface area contributed by atoms with Crippen LogP contribution in [0.25, 0.3) is 0 Å². The summed E-state index contributed by atoms with van der Waals surface area (Å²) < 4.78 is 0. The van der Waals surface area contributed by atoms with Crippen LogP contribution in [0.3, 0.4) is 0 Å². The van der Waals surface area contributed by atoms with Crippen molar-refractivity contribution in [1.29, 1.82) is 0 Å². The highest BCUT2D eigenvalue weighted by Gasteiger charge is 2.37. The van der Waals surface area contributed by atoms with E-state index in [4.69, 9.17) is 5.84 Å². The zero-order chi connectivity index (χ0) is 14.9. The number of hydrogen-bond donors (Lipinski definition) is 2. The van der Waals surface area contributed by atoms with E-state index in [1.807, 2.05) is 0 Å². The standard InChI is InChI=1S/C17H30N2/c1-8-15(2,3)16(4,5)13-10-9-11-14(12-13)17(6,7)19-18/h9-12,19H,8,18H2,1-7H3. The van der Waals surface area contributed by atoms with E-state index >= 15 is 0 Å². The summed E-state index contributed by atoms with van der Waals surface area (Å²) in [6.45, 7) is 15.8. The number of rotatable bonds is 5. The molecule has 0 aliphatic heterocycles. The number of hydrazine groups is 1. The summed E-state index contributed by atoms with van der Waals surface area (Å²) in [6, 6.07) is 8.79. The topological polar surface area (TPSA) is 38.0 Å². The van der Waals surface area contributed by atoms with Gasteiger partial charge in [0.15, 0.2) is 0 Å². The molecule has 0 radical (unpaired) electrons. The van der Waals surface area contributed by atoms with Crippen LogP contribution < -0.4 is 11.3 Å². The highest BCUT2D eigenvalue weighted by Crippen LogP contribution is 2.44. The molecule has 0 amide bonds. The Labute approximate surface area is 118 Å². The van der Waals surface area contributed by atoms with E-state index in [0.29, 0.717) is 0 Å². The number of nitrogens with one attached hydrogen (secondary N) is 1. The van der Waals surface area contributed by atoms with E-state index < -0.39 is 0 Å². The summed E-state index contributed by atoms with van der Waals surface area (Å²) in [6.07, 6.45) is 1.16. The highest BCUT2D eigenvalue weighted by molar-refractivity contribution is 5.34. The average molecular weight is 262 g/mol. The molecule has 0 aliphatic rings. The summed E-state index contributed by atoms with van der Waals surface area (Å²) >= 11 is 0. The maximum Gasteiger partial charge on any atom is 0.0513 e. The Morgan fingerprint density at radius 2 is 1.53 bits per heavy atom. The maximum absolute atomic E-state index is 5.66. The Kier molecular flexibility index (Phi) is 4.48. The number of hydrogen-bond acceptors (Lipinski definition) is 2. The summed E-state index contributed by atoms with van der Waals surface area (Å²) in [5, 5.41) is 0. The first-order valence-corrected chi connectivity index (χ1v) is 7.17. The minimum absolute atomic E-state index is 0.127. The van der Waals surface area contributed by atoms with Crippen LogP contribution in [0.1, 0.15) is 66.0 Å². The predicted molar refractivity (Wildman–Crippen MR) is 83.9 cm³/mol. The molecule has 19 heavy (non-hydrogen) atoms. The predicted octanol–water partition coefficient (Wildman–Crippen LogP) is 4.10. The Morgan fingerprint density at radius 1 is 1.00 bits per heavy atom. The second-order valence-electron chi connectivity index (χ2n) is 7.21. The van der Waals surface area contributed by atoms with E-state index in [9.17, 15) is 0 Å². The summed E-state index contributed by atoms with van der Waals surface area (Å²) in [4.78, 5) is 0. The third-order valence-electron chi connectivity index (χ3n) is 5.24. The third kappa shape index (κ3) is 3.01. The number of benzene rings is 1. The van der Waals surface area contributed by atoms with E-state index in [1.165, 1.54) is 11.1 Å². The first kappa shape index (κ1) is 16.2. The van der Waals surface area contributed by atoms with Crippen LogP contribution >= 0.6 is 0 Å². The lowest BCUT2D eigenvalue weighted by Gasteiger charge is -2.42. The van der Waals surface area contributed by atoms with E-state index in [1.54, 1.807) is 0 Å². The molecule has 0 atom stereocenters. The lowest BCUT2D eigenvalue weighted by Crippen LogP contribution is -2.42. The fourth-order valence-electron chi connectivity index (χ4n) is 2.21. The fourth-order valence-corrected chi connectivity index (χ4v) is 2.21. The molecular formula is C17H30N2. The SMILES string of the molecule is CCC(C)(C)C(C)(C)c1cccc(C(C)(C)NN)c1. The van der Waals surface area contributed by atoms with Crippen molar-refractivity contribution >= 4 is 0 Å². The molecule has 1 aromatic carbocycles. The van der Waals surface area contributed by atoms with Crippen LogP contribution in [-0.4, -0.2) is 0 Å². The van der Waals surface area contributed by atoms with Gasteiger partial charge in [-0.25, -0.2) is 0 Å². The Morgan fingerprint density at radius 3 is 2.00 bits per heavy atom. The minimum atomic E-state index is -0.206. The molecule has 0 saturated heterocycles. The van der Waals surface area contributed by atoms with Crippen molar-refractivity contribution in [1.82, 2.24) is 5.43 Å². The third-order valence-corrected chi connectivity index (χ3v) is 5.24. The van der Waals surface area contributed by atoms with Crippen LogP contribution in [-0.2, 0) is 11.0 Å². The molecule has 2 nitrogen and oxygen atoms in total. The molecule has 0 aromatic heterocycles. The molecule has 1 rings (SSSR count). The molecule has 0 bridgehead atoms. The summed E-state index contributed by atoms with van der Waals surface area (Å²) in [5.74, 6) is 5.66. The largest absolute Gasteiger partial charge is 0.271 e. The minimum Gasteiger partial charge on any atom is -0.271 e. The monoisotopic (exact) mass is 262 g/mol. The van der Waals surface area contributed by atoms with Gasteiger partial charge in [0.2, 0.25) is 0 Å². The van der Waals surface area contributed by atoms with Crippen molar-refractivity contribution in [2.75, 3.05) is 0 Å². The van der Waals surface area contributed by atoms with E-state index in [2.05, 4.69) is 78.2 Å². The molecule has 0 heterocycles. The van der Waals surface area contributed by atoms with Crippen LogP contribution in [0, 0.1) is 5.41 Å². The van der Waals surface area contributed by atoms with Crippen molar-refractivity contribution in [3.05, 3.63) is 35.4 Å². The van der Waals surface area contributed by atoms with Gasteiger partial charge in [0.25, 0.3) is 0 Å². The van der Waals surface area contributed by atoms with Crippen LogP contribution in [0.2, 0.25) is 0 Å². The molecule has 0 spiro atoms. The van der Waals surface area contributed by atoms with Crippen molar-refractivity contribution in [2.24, 2.45) is 11.3 Å². The first-order chi connectivity index (χ1) is 8.58. The Bertz CT molecular complexity index is 431. The van der Waals surface area contributed by atoms with Crippen molar-refractivity contribution in [3.8, 4) is 0 Å². The number of nitrogens with two attached hydrogens (primary N) is 1. The van der Waals surface area contributed by atoms with E-state index in [0.717, 1.165) is 6.42 Å². The van der Waals surface area contributed by atoms with Crippen LogP contribution in [0.5, 0.6) is 0 Å².